The van der Waals surface area contributed by atoms with Crippen LogP contribution in [0.1, 0.15) is 45.5 Å². The number of anilines is 1. The molecule has 7 heteroatoms. The van der Waals surface area contributed by atoms with Crippen LogP contribution in [-0.4, -0.2) is 22.0 Å². The minimum absolute atomic E-state index is 0.0904. The van der Waals surface area contributed by atoms with Gasteiger partial charge in [0, 0.05) is 11.3 Å². The van der Waals surface area contributed by atoms with Crippen LogP contribution in [0.15, 0.2) is 23.6 Å². The summed E-state index contributed by atoms with van der Waals surface area (Å²) in [6.07, 6.45) is 0. The average Bonchev–Trinajstić information content (AvgIpc) is 2.86. The van der Waals surface area contributed by atoms with E-state index in [2.05, 4.69) is 10.3 Å². The Morgan fingerprint density at radius 1 is 1.38 bits per heavy atom. The van der Waals surface area contributed by atoms with E-state index < -0.39 is 11.9 Å². The fourth-order valence-corrected chi connectivity index (χ4v) is 2.61. The molecule has 0 aliphatic rings. The number of aromatic nitrogens is 1. The first kappa shape index (κ1) is 15.5. The summed E-state index contributed by atoms with van der Waals surface area (Å²) in [5.74, 6) is -1.36. The van der Waals surface area contributed by atoms with Crippen LogP contribution in [-0.2, 0) is 0 Å². The highest BCUT2D eigenvalue weighted by Gasteiger charge is 2.16. The van der Waals surface area contributed by atoms with Crippen molar-refractivity contribution in [3.8, 4) is 0 Å². The van der Waals surface area contributed by atoms with Crippen LogP contribution >= 0.6 is 22.9 Å². The lowest BCUT2D eigenvalue weighted by molar-refractivity contribution is 0.0703. The predicted molar refractivity (Wildman–Crippen MR) is 82.6 cm³/mol. The number of carbonyl (C=O) groups is 2. The zero-order chi connectivity index (χ0) is 15.6. The van der Waals surface area contributed by atoms with Crippen molar-refractivity contribution in [2.45, 2.75) is 19.8 Å². The number of amides is 1. The fraction of sp³-hybridized carbons (Fsp3) is 0.214. The first-order valence-electron chi connectivity index (χ1n) is 6.18. The summed E-state index contributed by atoms with van der Waals surface area (Å²) in [6.45, 7) is 3.89. The van der Waals surface area contributed by atoms with E-state index in [1.165, 1.54) is 6.07 Å². The smallest absolute Gasteiger partial charge is 0.348 e. The number of carbonyl (C=O) groups excluding carboxylic acids is 1. The van der Waals surface area contributed by atoms with E-state index >= 15 is 0 Å². The van der Waals surface area contributed by atoms with E-state index in [1.54, 1.807) is 17.5 Å². The minimum Gasteiger partial charge on any atom is -0.477 e. The van der Waals surface area contributed by atoms with E-state index in [0.29, 0.717) is 11.3 Å². The molecule has 0 atom stereocenters. The Bertz CT molecular complexity index is 697. The number of pyridine rings is 1. The summed E-state index contributed by atoms with van der Waals surface area (Å²) in [6, 6.07) is 4.66. The van der Waals surface area contributed by atoms with E-state index in [0.717, 1.165) is 11.3 Å². The van der Waals surface area contributed by atoms with Gasteiger partial charge in [-0.25, -0.2) is 9.78 Å². The molecular formula is C14H13ClN2O3S. The second-order valence-electron chi connectivity index (χ2n) is 4.68. The number of hydrogen-bond donors (Lipinski definition) is 2. The van der Waals surface area contributed by atoms with Gasteiger partial charge < -0.3 is 10.4 Å². The summed E-state index contributed by atoms with van der Waals surface area (Å²) in [5, 5.41) is 13.5. The second-order valence-corrected chi connectivity index (χ2v) is 5.98. The molecule has 2 rings (SSSR count). The Morgan fingerprint density at radius 2 is 2.10 bits per heavy atom. The van der Waals surface area contributed by atoms with Crippen molar-refractivity contribution in [1.82, 2.24) is 4.98 Å². The van der Waals surface area contributed by atoms with Gasteiger partial charge in [-0.05, 0) is 29.5 Å². The number of rotatable bonds is 4. The van der Waals surface area contributed by atoms with Crippen LogP contribution < -0.4 is 5.32 Å². The van der Waals surface area contributed by atoms with Crippen molar-refractivity contribution in [1.29, 1.82) is 0 Å². The first-order chi connectivity index (χ1) is 9.88. The number of carboxylic acid groups (broad SMARTS) is 1. The molecule has 0 radical (unpaired) electrons. The molecule has 2 heterocycles. The Kier molecular flexibility index (Phi) is 4.59. The van der Waals surface area contributed by atoms with Gasteiger partial charge in [-0.3, -0.25) is 4.79 Å². The zero-order valence-electron chi connectivity index (χ0n) is 11.4. The van der Waals surface area contributed by atoms with Crippen molar-refractivity contribution < 1.29 is 14.7 Å². The Hall–Kier alpha value is -1.92. The molecule has 0 fully saturated rings. The van der Waals surface area contributed by atoms with Crippen LogP contribution in [0.2, 0.25) is 5.15 Å². The van der Waals surface area contributed by atoms with Gasteiger partial charge in [-0.2, -0.15) is 0 Å². The van der Waals surface area contributed by atoms with Crippen LogP contribution in [0.25, 0.3) is 0 Å². The van der Waals surface area contributed by atoms with Gasteiger partial charge >= 0.3 is 5.97 Å². The van der Waals surface area contributed by atoms with Crippen LogP contribution in [0.5, 0.6) is 0 Å². The summed E-state index contributed by atoms with van der Waals surface area (Å²) in [5.41, 5.74) is 1.33. The molecule has 21 heavy (non-hydrogen) atoms. The molecule has 0 spiro atoms. The normalized spacial score (nSPS) is 10.7. The topological polar surface area (TPSA) is 79.3 Å². The van der Waals surface area contributed by atoms with Crippen molar-refractivity contribution in [2.75, 3.05) is 5.32 Å². The molecule has 1 amide bonds. The molecule has 0 unspecified atom stereocenters. The summed E-state index contributed by atoms with van der Waals surface area (Å²) in [7, 11) is 0. The van der Waals surface area contributed by atoms with Gasteiger partial charge in [0.15, 0.2) is 0 Å². The third kappa shape index (κ3) is 3.59. The molecule has 5 nitrogen and oxygen atoms in total. The highest BCUT2D eigenvalue weighted by Crippen LogP contribution is 2.24. The van der Waals surface area contributed by atoms with Crippen molar-refractivity contribution in [3.63, 3.8) is 0 Å². The van der Waals surface area contributed by atoms with Gasteiger partial charge in [0.05, 0.1) is 5.69 Å². The molecule has 2 N–H and O–H groups in total. The van der Waals surface area contributed by atoms with Gasteiger partial charge in [-0.15, -0.1) is 11.3 Å². The van der Waals surface area contributed by atoms with Crippen LogP contribution in [0.3, 0.4) is 0 Å². The van der Waals surface area contributed by atoms with Crippen molar-refractivity contribution >= 4 is 40.5 Å². The zero-order valence-corrected chi connectivity index (χ0v) is 13.0. The summed E-state index contributed by atoms with van der Waals surface area (Å²) >= 11 is 6.97. The molecule has 110 valence electrons. The molecule has 0 aliphatic carbocycles. The Labute approximate surface area is 130 Å². The minimum atomic E-state index is -1.07. The predicted octanol–water partition coefficient (Wildman–Crippen LogP) is 3.87. The molecule has 0 aliphatic heterocycles. The lowest BCUT2D eigenvalue weighted by Gasteiger charge is -2.09. The first-order valence-corrected chi connectivity index (χ1v) is 7.44. The number of aromatic carboxylic acids is 1. The van der Waals surface area contributed by atoms with Crippen LogP contribution in [0.4, 0.5) is 5.69 Å². The van der Waals surface area contributed by atoms with E-state index in [-0.39, 0.29) is 21.6 Å². The molecule has 0 saturated carbocycles. The average molecular weight is 325 g/mol. The summed E-state index contributed by atoms with van der Waals surface area (Å²) in [4.78, 5) is 27.5. The Morgan fingerprint density at radius 3 is 2.71 bits per heavy atom. The molecular weight excluding hydrogens is 312 g/mol. The standard InChI is InChI=1S/C14H13ClN2O3S/c1-7(2)10-5-8(6-11(15)16-10)13(18)17-9-3-4-21-12(9)14(19)20/h3-7H,1-2H3,(H,17,18)(H,19,20). The largest absolute Gasteiger partial charge is 0.477 e. The third-order valence-electron chi connectivity index (χ3n) is 2.78. The second kappa shape index (κ2) is 6.24. The third-order valence-corrected chi connectivity index (χ3v) is 3.87. The monoisotopic (exact) mass is 324 g/mol. The van der Waals surface area contributed by atoms with Crippen LogP contribution in [0, 0.1) is 0 Å². The summed E-state index contributed by atoms with van der Waals surface area (Å²) < 4.78 is 0. The highest BCUT2D eigenvalue weighted by atomic mass is 35.5. The van der Waals surface area contributed by atoms with Gasteiger partial charge in [0.25, 0.3) is 5.91 Å². The Balaban J connectivity index is 2.28. The number of carboxylic acids is 1. The number of nitrogens with one attached hydrogen (secondary N) is 1. The van der Waals surface area contributed by atoms with Gasteiger partial charge in [-0.1, -0.05) is 25.4 Å². The maximum atomic E-state index is 12.2. The van der Waals surface area contributed by atoms with E-state index in [4.69, 9.17) is 16.7 Å². The maximum Gasteiger partial charge on any atom is 0.348 e. The molecule has 2 aromatic rings. The SMILES string of the molecule is CC(C)c1cc(C(=O)Nc2ccsc2C(=O)O)cc(Cl)n1. The highest BCUT2D eigenvalue weighted by molar-refractivity contribution is 7.12. The number of hydrogen-bond acceptors (Lipinski definition) is 4. The number of halogens is 1. The van der Waals surface area contributed by atoms with Crippen molar-refractivity contribution in [3.05, 3.63) is 44.9 Å². The molecule has 0 aromatic carbocycles. The van der Waals surface area contributed by atoms with Gasteiger partial charge in [0.1, 0.15) is 10.0 Å². The molecule has 0 saturated heterocycles. The molecule has 0 bridgehead atoms. The lowest BCUT2D eigenvalue weighted by atomic mass is 10.1. The maximum absolute atomic E-state index is 12.2. The van der Waals surface area contributed by atoms with Crippen molar-refractivity contribution in [2.24, 2.45) is 0 Å². The quantitative estimate of drug-likeness (QED) is 0.837. The molecule has 2 aromatic heterocycles. The van der Waals surface area contributed by atoms with E-state index in [1.807, 2.05) is 13.8 Å². The van der Waals surface area contributed by atoms with E-state index in [9.17, 15) is 9.59 Å². The fourth-order valence-electron chi connectivity index (χ4n) is 1.71. The van der Waals surface area contributed by atoms with Gasteiger partial charge in [0.2, 0.25) is 0 Å². The number of thiophene rings is 1. The lowest BCUT2D eigenvalue weighted by Crippen LogP contribution is -2.14. The number of nitrogens with zero attached hydrogens (tertiary/aromatic N) is 1.